The molecule has 0 aromatic heterocycles. The van der Waals surface area contributed by atoms with Crippen LogP contribution >= 0.6 is 0 Å². The summed E-state index contributed by atoms with van der Waals surface area (Å²) in [6.07, 6.45) is 16.5. The predicted molar refractivity (Wildman–Crippen MR) is 124 cm³/mol. The van der Waals surface area contributed by atoms with Gasteiger partial charge in [-0.1, -0.05) is 53.9 Å². The Bertz CT molecular complexity index is 579. The van der Waals surface area contributed by atoms with Crippen LogP contribution < -0.4 is 0 Å². The second-order valence-corrected chi connectivity index (χ2v) is 13.4. The molecule has 9 atom stereocenters. The first-order valence-electron chi connectivity index (χ1n) is 13.3. The molecule has 168 valence electrons. The fraction of sp³-hybridized carbons (Fsp3) is 1.00. The summed E-state index contributed by atoms with van der Waals surface area (Å²) in [6, 6.07) is 0. The maximum atomic E-state index is 10.7. The Hall–Kier alpha value is -0.0400. The third kappa shape index (κ3) is 3.85. The molecule has 0 radical (unpaired) electrons. The van der Waals surface area contributed by atoms with Gasteiger partial charge in [0.05, 0.1) is 5.60 Å². The molecule has 4 rings (SSSR count). The smallest absolute Gasteiger partial charge is 0.0622 e. The molecular weight excluding hydrogens is 352 g/mol. The lowest BCUT2D eigenvalue weighted by molar-refractivity contribution is -0.148. The predicted octanol–water partition coefficient (Wildman–Crippen LogP) is 7.86. The maximum Gasteiger partial charge on any atom is 0.0622 e. The molecule has 1 heteroatoms. The average Bonchev–Trinajstić information content (AvgIpc) is 2.99. The fourth-order valence-electron chi connectivity index (χ4n) is 9.46. The standard InChI is InChI=1S/C28H50O/c1-19(2)8-7-9-20(3)23-12-13-24-22-11-10-21-18-26(4,29)16-17-27(21,5)25(22)14-15-28(23,24)6/h19-25,29H,7-18H2,1-6H3/t20-,21?,22+,23-,24+,25+,26?,27+,28-/m1/s1. The first kappa shape index (κ1) is 22.2. The molecule has 4 saturated carbocycles. The van der Waals surface area contributed by atoms with Gasteiger partial charge >= 0.3 is 0 Å². The third-order valence-electron chi connectivity index (χ3n) is 11.2. The van der Waals surface area contributed by atoms with Gasteiger partial charge in [-0.2, -0.15) is 0 Å². The van der Waals surface area contributed by atoms with Crippen molar-refractivity contribution in [2.24, 2.45) is 52.3 Å². The van der Waals surface area contributed by atoms with Gasteiger partial charge in [0.2, 0.25) is 0 Å². The monoisotopic (exact) mass is 402 g/mol. The first-order valence-corrected chi connectivity index (χ1v) is 13.3. The molecule has 0 heterocycles. The molecule has 0 amide bonds. The van der Waals surface area contributed by atoms with Crippen LogP contribution in [0.15, 0.2) is 0 Å². The summed E-state index contributed by atoms with van der Waals surface area (Å²) in [6.45, 7) is 14.8. The minimum absolute atomic E-state index is 0.399. The molecule has 1 nitrogen and oxygen atoms in total. The second-order valence-electron chi connectivity index (χ2n) is 13.4. The quantitative estimate of drug-likeness (QED) is 0.496. The molecule has 0 aromatic carbocycles. The summed E-state index contributed by atoms with van der Waals surface area (Å²) in [5, 5.41) is 10.7. The van der Waals surface area contributed by atoms with Crippen LogP contribution in [0.3, 0.4) is 0 Å². The van der Waals surface area contributed by atoms with Crippen LogP contribution in [0.5, 0.6) is 0 Å². The Morgan fingerprint density at radius 3 is 2.24 bits per heavy atom. The Morgan fingerprint density at radius 1 is 0.793 bits per heavy atom. The highest BCUT2D eigenvalue weighted by molar-refractivity contribution is 5.10. The lowest BCUT2D eigenvalue weighted by Gasteiger charge is -2.62. The summed E-state index contributed by atoms with van der Waals surface area (Å²) in [4.78, 5) is 0. The van der Waals surface area contributed by atoms with Crippen molar-refractivity contribution in [3.05, 3.63) is 0 Å². The zero-order valence-corrected chi connectivity index (χ0v) is 20.5. The Balaban J connectivity index is 1.46. The van der Waals surface area contributed by atoms with Gasteiger partial charge in [0.1, 0.15) is 0 Å². The summed E-state index contributed by atoms with van der Waals surface area (Å²) in [5.41, 5.74) is 0.722. The number of aliphatic hydroxyl groups is 1. The van der Waals surface area contributed by atoms with E-state index < -0.39 is 5.60 Å². The van der Waals surface area contributed by atoms with Gasteiger partial charge in [-0.05, 0) is 117 Å². The highest BCUT2D eigenvalue weighted by atomic mass is 16.3. The summed E-state index contributed by atoms with van der Waals surface area (Å²) in [7, 11) is 0. The van der Waals surface area contributed by atoms with Crippen molar-refractivity contribution in [2.75, 3.05) is 0 Å². The van der Waals surface area contributed by atoms with E-state index in [4.69, 9.17) is 0 Å². The molecule has 0 saturated heterocycles. The van der Waals surface area contributed by atoms with Crippen molar-refractivity contribution >= 4 is 0 Å². The molecule has 0 aromatic rings. The van der Waals surface area contributed by atoms with Gasteiger partial charge < -0.3 is 5.11 Å². The lowest BCUT2D eigenvalue weighted by atomic mass is 9.43. The van der Waals surface area contributed by atoms with Crippen LogP contribution in [0, 0.1) is 52.3 Å². The van der Waals surface area contributed by atoms with Crippen LogP contribution in [0.1, 0.15) is 119 Å². The van der Waals surface area contributed by atoms with E-state index in [0.717, 1.165) is 54.3 Å². The van der Waals surface area contributed by atoms with Crippen LogP contribution in [-0.2, 0) is 0 Å². The normalized spacial score (nSPS) is 50.7. The van der Waals surface area contributed by atoms with E-state index in [-0.39, 0.29) is 0 Å². The molecule has 29 heavy (non-hydrogen) atoms. The van der Waals surface area contributed by atoms with E-state index in [0.29, 0.717) is 10.8 Å². The van der Waals surface area contributed by atoms with Crippen LogP contribution in [-0.4, -0.2) is 10.7 Å². The van der Waals surface area contributed by atoms with Gasteiger partial charge in [-0.15, -0.1) is 0 Å². The highest BCUT2D eigenvalue weighted by Gasteiger charge is 2.61. The topological polar surface area (TPSA) is 20.2 Å². The molecule has 4 fully saturated rings. The Labute approximate surface area is 181 Å². The number of hydrogen-bond donors (Lipinski definition) is 1. The maximum absolute atomic E-state index is 10.7. The molecule has 0 aliphatic heterocycles. The summed E-state index contributed by atoms with van der Waals surface area (Å²) < 4.78 is 0. The van der Waals surface area contributed by atoms with Gasteiger partial charge in [0.25, 0.3) is 0 Å². The van der Waals surface area contributed by atoms with E-state index in [1.165, 1.54) is 64.2 Å². The Kier molecular flexibility index (Phi) is 5.98. The minimum Gasteiger partial charge on any atom is -0.390 e. The molecule has 0 spiro atoms. The molecule has 0 bridgehead atoms. The average molecular weight is 403 g/mol. The Morgan fingerprint density at radius 2 is 1.52 bits per heavy atom. The number of fused-ring (bicyclic) bond motifs is 5. The molecule has 4 aliphatic rings. The van der Waals surface area contributed by atoms with E-state index in [1.807, 2.05) is 0 Å². The SMILES string of the molecule is CC(C)CCC[C@@H](C)[C@H]1CC[C@H]2[C@@H]3CCC4CC(C)(O)CC[C@]4(C)[C@H]3CC[C@]12C. The largest absolute Gasteiger partial charge is 0.390 e. The van der Waals surface area contributed by atoms with Crippen molar-refractivity contribution < 1.29 is 5.11 Å². The second kappa shape index (κ2) is 7.83. The van der Waals surface area contributed by atoms with E-state index in [1.54, 1.807) is 0 Å². The summed E-state index contributed by atoms with van der Waals surface area (Å²) in [5.74, 6) is 6.41. The third-order valence-corrected chi connectivity index (χ3v) is 11.2. The molecule has 2 unspecified atom stereocenters. The van der Waals surface area contributed by atoms with Gasteiger partial charge in [-0.25, -0.2) is 0 Å². The molecular formula is C28H50O. The van der Waals surface area contributed by atoms with E-state index in [9.17, 15) is 5.11 Å². The van der Waals surface area contributed by atoms with Crippen molar-refractivity contribution in [1.82, 2.24) is 0 Å². The van der Waals surface area contributed by atoms with Crippen LogP contribution in [0.25, 0.3) is 0 Å². The van der Waals surface area contributed by atoms with Gasteiger partial charge in [0, 0.05) is 0 Å². The molecule has 1 N–H and O–H groups in total. The highest BCUT2D eigenvalue weighted by Crippen LogP contribution is 2.68. The van der Waals surface area contributed by atoms with Crippen molar-refractivity contribution in [3.8, 4) is 0 Å². The zero-order valence-electron chi connectivity index (χ0n) is 20.5. The van der Waals surface area contributed by atoms with Crippen LogP contribution in [0.4, 0.5) is 0 Å². The summed E-state index contributed by atoms with van der Waals surface area (Å²) >= 11 is 0. The van der Waals surface area contributed by atoms with Crippen molar-refractivity contribution in [2.45, 2.75) is 124 Å². The van der Waals surface area contributed by atoms with Crippen molar-refractivity contribution in [1.29, 1.82) is 0 Å². The fourth-order valence-corrected chi connectivity index (χ4v) is 9.46. The van der Waals surface area contributed by atoms with Crippen molar-refractivity contribution in [3.63, 3.8) is 0 Å². The van der Waals surface area contributed by atoms with Gasteiger partial charge in [-0.3, -0.25) is 0 Å². The van der Waals surface area contributed by atoms with Gasteiger partial charge in [0.15, 0.2) is 0 Å². The van der Waals surface area contributed by atoms with E-state index in [2.05, 4.69) is 41.5 Å². The van der Waals surface area contributed by atoms with E-state index >= 15 is 0 Å². The number of rotatable bonds is 5. The molecule has 4 aliphatic carbocycles. The zero-order chi connectivity index (χ0) is 21.0. The lowest BCUT2D eigenvalue weighted by Crippen LogP contribution is -2.55. The minimum atomic E-state index is -0.399. The van der Waals surface area contributed by atoms with Crippen LogP contribution in [0.2, 0.25) is 0 Å². The number of hydrogen-bond acceptors (Lipinski definition) is 1. The first-order chi connectivity index (χ1) is 13.6.